The van der Waals surface area contributed by atoms with E-state index in [2.05, 4.69) is 17.2 Å². The summed E-state index contributed by atoms with van der Waals surface area (Å²) in [7, 11) is 0. The van der Waals surface area contributed by atoms with Crippen LogP contribution >= 0.6 is 0 Å². The molecule has 1 aromatic rings. The Kier molecular flexibility index (Phi) is 4.20. The average molecular weight is 280 g/mol. The summed E-state index contributed by atoms with van der Waals surface area (Å²) in [5, 5.41) is 3.19. The largest absolute Gasteiger partial charge is 0.383 e. The molecule has 1 heterocycles. The first-order valence-electron chi connectivity index (χ1n) is 7.29. The van der Waals surface area contributed by atoms with Crippen molar-refractivity contribution < 1.29 is 0 Å². The van der Waals surface area contributed by atoms with Gasteiger partial charge in [-0.25, -0.2) is 4.79 Å². The lowest BCUT2D eigenvalue weighted by atomic mass is 9.80. The summed E-state index contributed by atoms with van der Waals surface area (Å²) in [6.07, 6.45) is 3.60. The molecule has 1 aliphatic rings. The highest BCUT2D eigenvalue weighted by Gasteiger charge is 2.25. The molecule has 1 saturated carbocycles. The SMILES string of the molecule is CC(C)Cn1c(N)c(NC(C)C2CCC2)c(=O)[nH]c1=O. The molecule has 112 valence electrons. The van der Waals surface area contributed by atoms with E-state index in [9.17, 15) is 9.59 Å². The van der Waals surface area contributed by atoms with Crippen molar-refractivity contribution in [2.45, 2.75) is 52.6 Å². The smallest absolute Gasteiger partial charge is 0.330 e. The van der Waals surface area contributed by atoms with Gasteiger partial charge in [0.05, 0.1) is 0 Å². The molecule has 2 rings (SSSR count). The van der Waals surface area contributed by atoms with Crippen LogP contribution in [0.1, 0.15) is 40.0 Å². The minimum Gasteiger partial charge on any atom is -0.383 e. The van der Waals surface area contributed by atoms with Crippen LogP contribution in [0.4, 0.5) is 11.5 Å². The summed E-state index contributed by atoms with van der Waals surface area (Å²) in [6, 6.07) is 0.192. The van der Waals surface area contributed by atoms with Crippen molar-refractivity contribution in [1.29, 1.82) is 0 Å². The van der Waals surface area contributed by atoms with E-state index in [-0.39, 0.29) is 17.8 Å². The van der Waals surface area contributed by atoms with Gasteiger partial charge in [-0.1, -0.05) is 20.3 Å². The number of H-pyrrole nitrogens is 1. The molecule has 6 nitrogen and oxygen atoms in total. The molecule has 1 fully saturated rings. The monoisotopic (exact) mass is 280 g/mol. The summed E-state index contributed by atoms with van der Waals surface area (Å²) in [5.74, 6) is 1.09. The summed E-state index contributed by atoms with van der Waals surface area (Å²) in [6.45, 7) is 6.55. The molecule has 0 saturated heterocycles. The van der Waals surface area contributed by atoms with Gasteiger partial charge in [-0.05, 0) is 31.6 Å². The second-order valence-electron chi connectivity index (χ2n) is 6.15. The zero-order valence-electron chi connectivity index (χ0n) is 12.4. The summed E-state index contributed by atoms with van der Waals surface area (Å²) >= 11 is 0. The topological polar surface area (TPSA) is 92.9 Å². The van der Waals surface area contributed by atoms with Crippen LogP contribution in [0, 0.1) is 11.8 Å². The Morgan fingerprint density at radius 3 is 2.50 bits per heavy atom. The number of nitrogens with one attached hydrogen (secondary N) is 2. The van der Waals surface area contributed by atoms with Gasteiger partial charge in [0.2, 0.25) is 0 Å². The molecular formula is C14H24N4O2. The molecule has 0 aliphatic heterocycles. The lowest BCUT2D eigenvalue weighted by Gasteiger charge is -2.32. The molecule has 4 N–H and O–H groups in total. The maximum atomic E-state index is 12.0. The van der Waals surface area contributed by atoms with Crippen molar-refractivity contribution in [2.24, 2.45) is 11.8 Å². The van der Waals surface area contributed by atoms with Crippen molar-refractivity contribution >= 4 is 11.5 Å². The third-order valence-corrected chi connectivity index (χ3v) is 4.02. The van der Waals surface area contributed by atoms with E-state index >= 15 is 0 Å². The van der Waals surface area contributed by atoms with Crippen LogP contribution in [0.2, 0.25) is 0 Å². The fourth-order valence-electron chi connectivity index (χ4n) is 2.56. The lowest BCUT2D eigenvalue weighted by Crippen LogP contribution is -2.38. The van der Waals surface area contributed by atoms with E-state index in [0.717, 1.165) is 0 Å². The van der Waals surface area contributed by atoms with Crippen LogP contribution in [0.5, 0.6) is 0 Å². The van der Waals surface area contributed by atoms with Gasteiger partial charge in [-0.3, -0.25) is 14.3 Å². The minimum atomic E-state index is -0.442. The van der Waals surface area contributed by atoms with Crippen LogP contribution in [-0.2, 0) is 6.54 Å². The van der Waals surface area contributed by atoms with E-state index in [1.807, 2.05) is 13.8 Å². The number of anilines is 2. The number of hydrogen-bond donors (Lipinski definition) is 3. The van der Waals surface area contributed by atoms with E-state index in [4.69, 9.17) is 5.73 Å². The third kappa shape index (κ3) is 2.89. The molecule has 1 unspecified atom stereocenters. The third-order valence-electron chi connectivity index (χ3n) is 4.02. The first-order valence-corrected chi connectivity index (χ1v) is 7.29. The maximum absolute atomic E-state index is 12.0. The fraction of sp³-hybridized carbons (Fsp3) is 0.714. The highest BCUT2D eigenvalue weighted by molar-refractivity contribution is 5.60. The van der Waals surface area contributed by atoms with Crippen molar-refractivity contribution in [1.82, 2.24) is 9.55 Å². The zero-order chi connectivity index (χ0) is 14.9. The Morgan fingerprint density at radius 1 is 1.35 bits per heavy atom. The highest BCUT2D eigenvalue weighted by atomic mass is 16.2. The fourth-order valence-corrected chi connectivity index (χ4v) is 2.56. The first-order chi connectivity index (χ1) is 9.40. The van der Waals surface area contributed by atoms with Gasteiger partial charge in [-0.15, -0.1) is 0 Å². The van der Waals surface area contributed by atoms with Crippen LogP contribution in [0.15, 0.2) is 9.59 Å². The Morgan fingerprint density at radius 2 is 2.00 bits per heavy atom. The summed E-state index contributed by atoms with van der Waals surface area (Å²) < 4.78 is 1.43. The molecule has 1 aromatic heterocycles. The van der Waals surface area contributed by atoms with Crippen LogP contribution in [-0.4, -0.2) is 15.6 Å². The number of hydrogen-bond acceptors (Lipinski definition) is 4. The van der Waals surface area contributed by atoms with Gasteiger partial charge in [-0.2, -0.15) is 0 Å². The molecule has 0 amide bonds. The van der Waals surface area contributed by atoms with Crippen LogP contribution in [0.25, 0.3) is 0 Å². The molecule has 1 atom stereocenters. The maximum Gasteiger partial charge on any atom is 0.330 e. The Bertz CT molecular complexity index is 584. The predicted octanol–water partition coefficient (Wildman–Crippen LogP) is 1.38. The lowest BCUT2D eigenvalue weighted by molar-refractivity contribution is 0.285. The van der Waals surface area contributed by atoms with Crippen LogP contribution < -0.4 is 22.3 Å². The quantitative estimate of drug-likeness (QED) is 0.759. The first kappa shape index (κ1) is 14.7. The number of nitrogen functional groups attached to an aromatic ring is 1. The molecular weight excluding hydrogens is 256 g/mol. The van der Waals surface area contributed by atoms with E-state index in [1.165, 1.54) is 23.8 Å². The van der Waals surface area contributed by atoms with Crippen LogP contribution in [0.3, 0.4) is 0 Å². The second-order valence-corrected chi connectivity index (χ2v) is 6.15. The summed E-state index contributed by atoms with van der Waals surface area (Å²) in [5.41, 5.74) is 5.47. The number of aromatic amines is 1. The van der Waals surface area contributed by atoms with Crippen molar-refractivity contribution in [3.05, 3.63) is 20.8 Å². The number of rotatable bonds is 5. The normalized spacial score (nSPS) is 17.0. The van der Waals surface area contributed by atoms with Gasteiger partial charge < -0.3 is 11.1 Å². The zero-order valence-corrected chi connectivity index (χ0v) is 12.4. The number of nitrogens with two attached hydrogens (primary N) is 1. The van der Waals surface area contributed by atoms with Crippen molar-refractivity contribution in [2.75, 3.05) is 11.1 Å². The molecule has 1 aliphatic carbocycles. The Labute approximate surface area is 118 Å². The van der Waals surface area contributed by atoms with Gasteiger partial charge in [0, 0.05) is 12.6 Å². The highest BCUT2D eigenvalue weighted by Crippen LogP contribution is 2.31. The van der Waals surface area contributed by atoms with E-state index in [0.29, 0.717) is 18.2 Å². The van der Waals surface area contributed by atoms with Gasteiger partial charge >= 0.3 is 5.69 Å². The average Bonchev–Trinajstić information content (AvgIpc) is 2.27. The van der Waals surface area contributed by atoms with Crippen molar-refractivity contribution in [3.63, 3.8) is 0 Å². The van der Waals surface area contributed by atoms with Gasteiger partial charge in [0.25, 0.3) is 5.56 Å². The van der Waals surface area contributed by atoms with Gasteiger partial charge in [0.1, 0.15) is 11.5 Å². The second kappa shape index (κ2) is 5.73. The van der Waals surface area contributed by atoms with Crippen molar-refractivity contribution in [3.8, 4) is 0 Å². The molecule has 0 bridgehead atoms. The molecule has 0 spiro atoms. The molecule has 0 radical (unpaired) electrons. The van der Waals surface area contributed by atoms with E-state index < -0.39 is 11.2 Å². The predicted molar refractivity (Wildman–Crippen MR) is 81.0 cm³/mol. The Hall–Kier alpha value is -1.72. The molecule has 6 heteroatoms. The number of aromatic nitrogens is 2. The molecule has 0 aromatic carbocycles. The minimum absolute atomic E-state index is 0.192. The standard InChI is InChI=1S/C14H24N4O2/c1-8(2)7-18-12(15)11(13(19)17-14(18)20)16-9(3)10-5-4-6-10/h8-10,16H,4-7,15H2,1-3H3,(H,17,19,20). The van der Waals surface area contributed by atoms with E-state index in [1.54, 1.807) is 0 Å². The molecule has 20 heavy (non-hydrogen) atoms. The summed E-state index contributed by atoms with van der Waals surface area (Å²) in [4.78, 5) is 26.1. The number of nitrogens with zero attached hydrogens (tertiary/aromatic N) is 1. The van der Waals surface area contributed by atoms with Gasteiger partial charge in [0.15, 0.2) is 0 Å². The Balaban J connectivity index is 2.31.